The van der Waals surface area contributed by atoms with E-state index in [0.717, 1.165) is 43.5 Å². The first-order valence-electron chi connectivity index (χ1n) is 8.14. The molecule has 1 aromatic heterocycles. The van der Waals surface area contributed by atoms with Crippen LogP contribution in [0, 0.1) is 0 Å². The minimum atomic E-state index is 0.280. The fraction of sp³-hybridized carbons (Fsp3) is 0.800. The Morgan fingerprint density at radius 2 is 1.33 bits per heavy atom. The van der Waals surface area contributed by atoms with Gasteiger partial charge in [0, 0.05) is 14.1 Å². The van der Waals surface area contributed by atoms with Crippen LogP contribution >= 0.6 is 0 Å². The average molecular weight is 290 g/mol. The number of hydrogen-bond acceptors (Lipinski definition) is 6. The molecule has 2 saturated heterocycles. The minimum Gasteiger partial charge on any atom is -0.347 e. The summed E-state index contributed by atoms with van der Waals surface area (Å²) in [5.74, 6) is 2.60. The highest BCUT2D eigenvalue weighted by molar-refractivity contribution is 5.28. The first-order chi connectivity index (χ1) is 10.2. The summed E-state index contributed by atoms with van der Waals surface area (Å²) >= 11 is 0. The van der Waals surface area contributed by atoms with Gasteiger partial charge in [0.05, 0.1) is 12.1 Å². The molecule has 0 aliphatic carbocycles. The molecule has 2 aliphatic rings. The Hall–Kier alpha value is -1.27. The second-order valence-corrected chi connectivity index (χ2v) is 6.25. The summed E-state index contributed by atoms with van der Waals surface area (Å²) < 4.78 is 0. The van der Waals surface area contributed by atoms with E-state index in [-0.39, 0.29) is 12.1 Å². The smallest absolute Gasteiger partial charge is 0.228 e. The number of nitrogens with zero attached hydrogens (tertiary/aromatic N) is 4. The van der Waals surface area contributed by atoms with Gasteiger partial charge >= 0.3 is 0 Å². The molecule has 0 amide bonds. The lowest BCUT2D eigenvalue weighted by molar-refractivity contribution is 0.377. The van der Waals surface area contributed by atoms with Gasteiger partial charge < -0.3 is 15.5 Å². The number of rotatable bonds is 3. The van der Waals surface area contributed by atoms with Crippen molar-refractivity contribution in [3.8, 4) is 0 Å². The predicted molar refractivity (Wildman–Crippen MR) is 83.3 cm³/mol. The van der Waals surface area contributed by atoms with Gasteiger partial charge in [-0.25, -0.2) is 4.98 Å². The van der Waals surface area contributed by atoms with Crippen LogP contribution in [-0.4, -0.2) is 42.1 Å². The Labute approximate surface area is 126 Å². The molecule has 2 N–H and O–H groups in total. The molecule has 0 radical (unpaired) electrons. The second-order valence-electron chi connectivity index (χ2n) is 6.25. The zero-order valence-electron chi connectivity index (χ0n) is 13.1. The molecule has 3 heterocycles. The van der Waals surface area contributed by atoms with Crippen molar-refractivity contribution < 1.29 is 0 Å². The van der Waals surface area contributed by atoms with E-state index in [1.165, 1.54) is 25.7 Å². The third-order valence-electron chi connectivity index (χ3n) is 4.30. The minimum absolute atomic E-state index is 0.280. The van der Waals surface area contributed by atoms with Crippen LogP contribution in [0.2, 0.25) is 0 Å². The number of hydrogen-bond donors (Lipinski definition) is 2. The van der Waals surface area contributed by atoms with Gasteiger partial charge in [0.25, 0.3) is 0 Å². The fourth-order valence-electron chi connectivity index (χ4n) is 3.05. The van der Waals surface area contributed by atoms with Crippen molar-refractivity contribution >= 4 is 5.95 Å². The fourth-order valence-corrected chi connectivity index (χ4v) is 3.05. The van der Waals surface area contributed by atoms with Crippen molar-refractivity contribution in [1.82, 2.24) is 25.6 Å². The summed E-state index contributed by atoms with van der Waals surface area (Å²) in [7, 11) is 3.98. The van der Waals surface area contributed by atoms with Crippen molar-refractivity contribution in [3.05, 3.63) is 11.6 Å². The topological polar surface area (TPSA) is 66.0 Å². The largest absolute Gasteiger partial charge is 0.347 e. The normalized spacial score (nSPS) is 26.6. The molecule has 1 aromatic rings. The average Bonchev–Trinajstić information content (AvgIpc) is 2.56. The molecular weight excluding hydrogens is 264 g/mol. The molecule has 2 unspecified atom stereocenters. The second kappa shape index (κ2) is 6.66. The molecule has 6 heteroatoms. The van der Waals surface area contributed by atoms with Crippen LogP contribution in [-0.2, 0) is 0 Å². The third kappa shape index (κ3) is 3.49. The van der Waals surface area contributed by atoms with E-state index < -0.39 is 0 Å². The molecule has 21 heavy (non-hydrogen) atoms. The highest BCUT2D eigenvalue weighted by Gasteiger charge is 2.24. The molecule has 0 saturated carbocycles. The summed E-state index contributed by atoms with van der Waals surface area (Å²) in [5.41, 5.74) is 0. The molecule has 2 fully saturated rings. The van der Waals surface area contributed by atoms with E-state index in [9.17, 15) is 0 Å². The summed E-state index contributed by atoms with van der Waals surface area (Å²) in [6.07, 6.45) is 7.23. The molecule has 0 spiro atoms. The highest BCUT2D eigenvalue weighted by atomic mass is 15.3. The van der Waals surface area contributed by atoms with Crippen molar-refractivity contribution in [1.29, 1.82) is 0 Å². The molecule has 6 nitrogen and oxygen atoms in total. The summed E-state index contributed by atoms with van der Waals surface area (Å²) in [6.45, 7) is 2.12. The van der Waals surface area contributed by atoms with E-state index in [4.69, 9.17) is 4.98 Å². The predicted octanol–water partition coefficient (Wildman–Crippen LogP) is 1.57. The van der Waals surface area contributed by atoms with Crippen molar-refractivity contribution in [2.45, 2.75) is 50.6 Å². The molecule has 2 atom stereocenters. The molecule has 116 valence electrons. The van der Waals surface area contributed by atoms with E-state index >= 15 is 0 Å². The van der Waals surface area contributed by atoms with Crippen LogP contribution in [0.4, 0.5) is 5.95 Å². The van der Waals surface area contributed by atoms with Gasteiger partial charge in [-0.15, -0.1) is 0 Å². The maximum Gasteiger partial charge on any atom is 0.228 e. The van der Waals surface area contributed by atoms with E-state index in [1.54, 1.807) is 0 Å². The van der Waals surface area contributed by atoms with Gasteiger partial charge in [-0.1, -0.05) is 12.8 Å². The first-order valence-corrected chi connectivity index (χ1v) is 8.14. The zero-order valence-corrected chi connectivity index (χ0v) is 13.1. The van der Waals surface area contributed by atoms with Gasteiger partial charge in [0.15, 0.2) is 11.6 Å². The van der Waals surface area contributed by atoms with Gasteiger partial charge in [-0.3, -0.25) is 0 Å². The standard InChI is InChI=1S/C15H26N6/c1-21(2)15-19-13(11-7-3-5-9-16-11)18-14(20-15)12-8-4-6-10-17-12/h11-12,16-17H,3-10H2,1-2H3. The SMILES string of the molecule is CN(C)c1nc(C2CCCCN2)nc(C2CCCCN2)n1. The van der Waals surface area contributed by atoms with Crippen LogP contribution < -0.4 is 15.5 Å². The quantitative estimate of drug-likeness (QED) is 0.881. The molecule has 0 bridgehead atoms. The summed E-state index contributed by atoms with van der Waals surface area (Å²) in [5, 5.41) is 7.08. The summed E-state index contributed by atoms with van der Waals surface area (Å²) in [4.78, 5) is 16.1. The van der Waals surface area contributed by atoms with E-state index in [1.807, 2.05) is 19.0 Å². The summed E-state index contributed by atoms with van der Waals surface area (Å²) in [6, 6.07) is 0.561. The maximum atomic E-state index is 4.79. The van der Waals surface area contributed by atoms with Gasteiger partial charge in [0.1, 0.15) is 0 Å². The lowest BCUT2D eigenvalue weighted by Crippen LogP contribution is -2.32. The van der Waals surface area contributed by atoms with E-state index in [2.05, 4.69) is 20.6 Å². The molecule has 2 aliphatic heterocycles. The van der Waals surface area contributed by atoms with Crippen LogP contribution in [0.25, 0.3) is 0 Å². The Balaban J connectivity index is 1.89. The molecular formula is C15H26N6. The van der Waals surface area contributed by atoms with Crippen LogP contribution in [0.3, 0.4) is 0 Å². The van der Waals surface area contributed by atoms with Crippen LogP contribution in [0.1, 0.15) is 62.3 Å². The third-order valence-corrected chi connectivity index (χ3v) is 4.30. The Morgan fingerprint density at radius 1 is 0.810 bits per heavy atom. The Morgan fingerprint density at radius 3 is 1.71 bits per heavy atom. The lowest BCUT2D eigenvalue weighted by atomic mass is 10.0. The lowest BCUT2D eigenvalue weighted by Gasteiger charge is -2.26. The Kier molecular flexibility index (Phi) is 4.65. The first kappa shape index (κ1) is 14.7. The van der Waals surface area contributed by atoms with Gasteiger partial charge in [-0.2, -0.15) is 9.97 Å². The maximum absolute atomic E-state index is 4.79. The number of piperidine rings is 2. The number of aromatic nitrogens is 3. The van der Waals surface area contributed by atoms with Crippen LogP contribution in [0.5, 0.6) is 0 Å². The highest BCUT2D eigenvalue weighted by Crippen LogP contribution is 2.25. The molecule has 0 aromatic carbocycles. The van der Waals surface area contributed by atoms with E-state index in [0.29, 0.717) is 0 Å². The Bertz CT molecular complexity index is 427. The number of nitrogens with one attached hydrogen (secondary N) is 2. The van der Waals surface area contributed by atoms with Gasteiger partial charge in [-0.05, 0) is 38.8 Å². The van der Waals surface area contributed by atoms with Crippen molar-refractivity contribution in [2.24, 2.45) is 0 Å². The van der Waals surface area contributed by atoms with Gasteiger partial charge in [0.2, 0.25) is 5.95 Å². The van der Waals surface area contributed by atoms with Crippen LogP contribution in [0.15, 0.2) is 0 Å². The monoisotopic (exact) mass is 290 g/mol. The zero-order chi connectivity index (χ0) is 14.7. The van der Waals surface area contributed by atoms with Crippen molar-refractivity contribution in [2.75, 3.05) is 32.1 Å². The van der Waals surface area contributed by atoms with Crippen molar-refractivity contribution in [3.63, 3.8) is 0 Å². The molecule has 3 rings (SSSR count). The number of anilines is 1.